The number of rotatable bonds is 4. The Morgan fingerprint density at radius 2 is 1.92 bits per heavy atom. The molecule has 5 nitrogen and oxygen atoms in total. The quantitative estimate of drug-likeness (QED) is 0.645. The number of carbonyl (C=O) groups is 2. The number of nitrogens with one attached hydrogen (secondary N) is 1. The maximum Gasteiger partial charge on any atom is 0.329 e. The zero-order chi connectivity index (χ0) is 17.1. The molecule has 0 spiro atoms. The third-order valence-electron chi connectivity index (χ3n) is 3.63. The molecule has 0 atom stereocenters. The summed E-state index contributed by atoms with van der Waals surface area (Å²) in [6.45, 7) is 0.245. The number of ether oxygens (including phenoxy) is 1. The van der Waals surface area contributed by atoms with E-state index in [1.807, 2.05) is 42.5 Å². The number of nitrogens with zero attached hydrogens (tertiary/aromatic N) is 1. The minimum Gasteiger partial charge on any atom is -0.496 e. The molecular formula is C18H15BrN2O3. The number of hydrogen-bond donors (Lipinski definition) is 1. The van der Waals surface area contributed by atoms with Crippen LogP contribution in [0.1, 0.15) is 11.1 Å². The molecule has 122 valence electrons. The first-order chi connectivity index (χ1) is 11.6. The number of halogens is 1. The van der Waals surface area contributed by atoms with E-state index in [1.165, 1.54) is 4.90 Å². The summed E-state index contributed by atoms with van der Waals surface area (Å²) in [5.41, 5.74) is 1.94. The van der Waals surface area contributed by atoms with Crippen LogP contribution in [0, 0.1) is 0 Å². The fourth-order valence-electron chi connectivity index (χ4n) is 2.42. The van der Waals surface area contributed by atoms with Crippen molar-refractivity contribution in [2.75, 3.05) is 7.11 Å². The SMILES string of the molecule is COc1ccc(C=C2NC(=O)N(Cc3ccccc3)C2=O)cc1Br. The van der Waals surface area contributed by atoms with Gasteiger partial charge in [0, 0.05) is 0 Å². The third kappa shape index (κ3) is 3.33. The summed E-state index contributed by atoms with van der Waals surface area (Å²) < 4.78 is 5.95. The van der Waals surface area contributed by atoms with Crippen LogP contribution in [0.15, 0.2) is 58.7 Å². The highest BCUT2D eigenvalue weighted by Gasteiger charge is 2.33. The molecule has 0 unspecified atom stereocenters. The minimum atomic E-state index is -0.414. The average Bonchev–Trinajstić information content (AvgIpc) is 2.84. The summed E-state index contributed by atoms with van der Waals surface area (Å²) >= 11 is 3.40. The maximum atomic E-state index is 12.5. The van der Waals surface area contributed by atoms with Gasteiger partial charge in [0.1, 0.15) is 11.4 Å². The van der Waals surface area contributed by atoms with Crippen molar-refractivity contribution in [2.24, 2.45) is 0 Å². The first kappa shape index (κ1) is 16.3. The van der Waals surface area contributed by atoms with Crippen LogP contribution in [0.3, 0.4) is 0 Å². The van der Waals surface area contributed by atoms with Gasteiger partial charge in [-0.3, -0.25) is 9.69 Å². The normalized spacial score (nSPS) is 15.8. The van der Waals surface area contributed by atoms with Gasteiger partial charge in [0.2, 0.25) is 0 Å². The van der Waals surface area contributed by atoms with E-state index in [-0.39, 0.29) is 18.1 Å². The maximum absolute atomic E-state index is 12.5. The Morgan fingerprint density at radius 1 is 1.17 bits per heavy atom. The van der Waals surface area contributed by atoms with Crippen molar-refractivity contribution in [1.82, 2.24) is 10.2 Å². The van der Waals surface area contributed by atoms with Crippen LogP contribution in [0.5, 0.6) is 5.75 Å². The summed E-state index contributed by atoms with van der Waals surface area (Å²) in [4.78, 5) is 25.7. The molecule has 1 aliphatic heterocycles. The number of methoxy groups -OCH3 is 1. The van der Waals surface area contributed by atoms with Gasteiger partial charge in [-0.25, -0.2) is 4.79 Å². The molecule has 0 aliphatic carbocycles. The molecule has 1 fully saturated rings. The molecule has 1 N–H and O–H groups in total. The van der Waals surface area contributed by atoms with Gasteiger partial charge in [0.25, 0.3) is 5.91 Å². The van der Waals surface area contributed by atoms with Crippen molar-refractivity contribution in [3.63, 3.8) is 0 Å². The van der Waals surface area contributed by atoms with E-state index in [0.29, 0.717) is 5.75 Å². The molecule has 3 rings (SSSR count). The lowest BCUT2D eigenvalue weighted by Crippen LogP contribution is -2.30. The Kier molecular flexibility index (Phi) is 4.66. The number of hydrogen-bond acceptors (Lipinski definition) is 3. The summed E-state index contributed by atoms with van der Waals surface area (Å²) in [7, 11) is 1.58. The highest BCUT2D eigenvalue weighted by Crippen LogP contribution is 2.27. The minimum absolute atomic E-state index is 0.245. The molecule has 2 aromatic carbocycles. The van der Waals surface area contributed by atoms with Gasteiger partial charge in [-0.05, 0) is 45.3 Å². The highest BCUT2D eigenvalue weighted by molar-refractivity contribution is 9.10. The second kappa shape index (κ2) is 6.88. The van der Waals surface area contributed by atoms with E-state index in [2.05, 4.69) is 21.2 Å². The Hall–Kier alpha value is -2.60. The van der Waals surface area contributed by atoms with Crippen molar-refractivity contribution in [3.05, 3.63) is 69.8 Å². The molecule has 0 aromatic heterocycles. The lowest BCUT2D eigenvalue weighted by atomic mass is 10.1. The summed E-state index contributed by atoms with van der Waals surface area (Å²) in [6, 6.07) is 14.4. The van der Waals surface area contributed by atoms with Crippen molar-refractivity contribution in [1.29, 1.82) is 0 Å². The van der Waals surface area contributed by atoms with Crippen LogP contribution >= 0.6 is 15.9 Å². The van der Waals surface area contributed by atoms with Gasteiger partial charge in [0.05, 0.1) is 18.1 Å². The van der Waals surface area contributed by atoms with Crippen molar-refractivity contribution in [2.45, 2.75) is 6.54 Å². The van der Waals surface area contributed by atoms with E-state index in [0.717, 1.165) is 15.6 Å². The molecular weight excluding hydrogens is 372 g/mol. The first-order valence-electron chi connectivity index (χ1n) is 7.30. The molecule has 6 heteroatoms. The fourth-order valence-corrected chi connectivity index (χ4v) is 2.98. The van der Waals surface area contributed by atoms with Crippen LogP contribution in [-0.4, -0.2) is 23.9 Å². The fraction of sp³-hybridized carbons (Fsp3) is 0.111. The molecule has 2 aromatic rings. The molecule has 24 heavy (non-hydrogen) atoms. The van der Waals surface area contributed by atoms with Gasteiger partial charge in [-0.1, -0.05) is 36.4 Å². The van der Waals surface area contributed by atoms with Gasteiger partial charge in [0.15, 0.2) is 0 Å². The lowest BCUT2D eigenvalue weighted by molar-refractivity contribution is -0.123. The van der Waals surface area contributed by atoms with Gasteiger partial charge in [-0.2, -0.15) is 0 Å². The van der Waals surface area contributed by atoms with E-state index in [1.54, 1.807) is 19.3 Å². The van der Waals surface area contributed by atoms with Crippen molar-refractivity contribution >= 4 is 33.9 Å². The smallest absolute Gasteiger partial charge is 0.329 e. The van der Waals surface area contributed by atoms with Crippen LogP contribution in [0.4, 0.5) is 4.79 Å². The number of benzene rings is 2. The summed E-state index contributed by atoms with van der Waals surface area (Å²) in [6.07, 6.45) is 1.65. The zero-order valence-corrected chi connectivity index (χ0v) is 14.5. The Labute approximate surface area is 148 Å². The predicted octanol–water partition coefficient (Wildman–Crippen LogP) is 3.55. The number of carbonyl (C=O) groups excluding carboxylic acids is 2. The number of amides is 3. The van der Waals surface area contributed by atoms with Crippen LogP contribution in [0.2, 0.25) is 0 Å². The second-order valence-corrected chi connectivity index (χ2v) is 6.11. The van der Waals surface area contributed by atoms with E-state index < -0.39 is 6.03 Å². The number of urea groups is 1. The van der Waals surface area contributed by atoms with Crippen LogP contribution < -0.4 is 10.1 Å². The Balaban J connectivity index is 1.82. The van der Waals surface area contributed by atoms with Crippen molar-refractivity contribution < 1.29 is 14.3 Å². The largest absolute Gasteiger partial charge is 0.496 e. The standard InChI is InChI=1S/C18H15BrN2O3/c1-24-16-8-7-13(9-14(16)19)10-15-17(22)21(18(23)20-15)11-12-5-3-2-4-6-12/h2-10H,11H2,1H3,(H,20,23). The predicted molar refractivity (Wildman–Crippen MR) is 94.2 cm³/mol. The Morgan fingerprint density at radius 3 is 2.58 bits per heavy atom. The monoisotopic (exact) mass is 386 g/mol. The molecule has 3 amide bonds. The van der Waals surface area contributed by atoms with E-state index in [9.17, 15) is 9.59 Å². The average molecular weight is 387 g/mol. The second-order valence-electron chi connectivity index (χ2n) is 5.26. The number of imide groups is 1. The van der Waals surface area contributed by atoms with Crippen molar-refractivity contribution in [3.8, 4) is 5.75 Å². The molecule has 0 radical (unpaired) electrons. The zero-order valence-electron chi connectivity index (χ0n) is 13.0. The molecule has 1 heterocycles. The van der Waals surface area contributed by atoms with E-state index >= 15 is 0 Å². The van der Waals surface area contributed by atoms with Gasteiger partial charge < -0.3 is 10.1 Å². The van der Waals surface area contributed by atoms with Crippen LogP contribution in [0.25, 0.3) is 6.08 Å². The van der Waals surface area contributed by atoms with Crippen LogP contribution in [-0.2, 0) is 11.3 Å². The summed E-state index contributed by atoms with van der Waals surface area (Å²) in [5, 5.41) is 2.62. The third-order valence-corrected chi connectivity index (χ3v) is 4.25. The first-order valence-corrected chi connectivity index (χ1v) is 8.10. The molecule has 0 bridgehead atoms. The van der Waals surface area contributed by atoms with E-state index in [4.69, 9.17) is 4.74 Å². The topological polar surface area (TPSA) is 58.6 Å². The molecule has 0 saturated carbocycles. The highest BCUT2D eigenvalue weighted by atomic mass is 79.9. The molecule has 1 saturated heterocycles. The molecule has 1 aliphatic rings. The lowest BCUT2D eigenvalue weighted by Gasteiger charge is -2.11. The Bertz CT molecular complexity index is 818. The summed E-state index contributed by atoms with van der Waals surface area (Å²) in [5.74, 6) is 0.362. The van der Waals surface area contributed by atoms with Gasteiger partial charge >= 0.3 is 6.03 Å². The van der Waals surface area contributed by atoms with Gasteiger partial charge in [-0.15, -0.1) is 0 Å².